The lowest BCUT2D eigenvalue weighted by molar-refractivity contribution is 0.102. The van der Waals surface area contributed by atoms with Crippen LogP contribution >= 0.6 is 11.6 Å². The molecule has 0 radical (unpaired) electrons. The van der Waals surface area contributed by atoms with Gasteiger partial charge in [0.05, 0.1) is 5.56 Å². The van der Waals surface area contributed by atoms with Crippen molar-refractivity contribution in [3.05, 3.63) is 65.1 Å². The highest BCUT2D eigenvalue weighted by molar-refractivity contribution is 6.31. The van der Waals surface area contributed by atoms with Crippen LogP contribution in [0.3, 0.4) is 0 Å². The number of hydrogen-bond donors (Lipinski definition) is 2. The van der Waals surface area contributed by atoms with Gasteiger partial charge < -0.3 is 10.3 Å². The molecule has 5 heteroatoms. The number of carbonyl (C=O) groups is 1. The minimum Gasteiger partial charge on any atom is -0.360 e. The summed E-state index contributed by atoms with van der Waals surface area (Å²) in [6.07, 6.45) is 1.61. The fraction of sp³-hybridized carbons (Fsp3) is 0. The highest BCUT2D eigenvalue weighted by Crippen LogP contribution is 2.23. The maximum atomic E-state index is 13.1. The van der Waals surface area contributed by atoms with Gasteiger partial charge >= 0.3 is 0 Å². The third-order valence-corrected chi connectivity index (χ3v) is 3.21. The molecule has 20 heavy (non-hydrogen) atoms. The normalized spacial score (nSPS) is 10.7. The summed E-state index contributed by atoms with van der Waals surface area (Å²) >= 11 is 5.94. The molecule has 3 aromatic rings. The van der Waals surface area contributed by atoms with E-state index >= 15 is 0 Å². The Hall–Kier alpha value is -2.33. The standard InChI is InChI=1S/C15H10ClFN2O/c16-9-4-5-14-12(6-9)13(8-18-14)15(20)19-11-3-1-2-10(17)7-11/h1-8,18H,(H,19,20). The number of amides is 1. The molecule has 0 aliphatic rings. The quantitative estimate of drug-likeness (QED) is 0.729. The molecule has 0 unspecified atom stereocenters. The van der Waals surface area contributed by atoms with E-state index in [1.807, 2.05) is 0 Å². The van der Waals surface area contributed by atoms with E-state index in [1.54, 1.807) is 30.5 Å². The molecule has 0 saturated heterocycles. The van der Waals surface area contributed by atoms with Crippen molar-refractivity contribution in [1.82, 2.24) is 4.98 Å². The van der Waals surface area contributed by atoms with Crippen molar-refractivity contribution in [2.24, 2.45) is 0 Å². The minimum absolute atomic E-state index is 0.316. The molecule has 0 atom stereocenters. The van der Waals surface area contributed by atoms with Gasteiger partial charge in [-0.3, -0.25) is 4.79 Å². The predicted octanol–water partition coefficient (Wildman–Crippen LogP) is 4.21. The number of aromatic nitrogens is 1. The average Bonchev–Trinajstić information content (AvgIpc) is 2.81. The van der Waals surface area contributed by atoms with E-state index in [9.17, 15) is 9.18 Å². The highest BCUT2D eigenvalue weighted by atomic mass is 35.5. The second-order valence-corrected chi connectivity index (χ2v) is 4.79. The summed E-state index contributed by atoms with van der Waals surface area (Å²) in [5.74, 6) is -0.714. The van der Waals surface area contributed by atoms with Gasteiger partial charge in [-0.2, -0.15) is 0 Å². The maximum Gasteiger partial charge on any atom is 0.257 e. The Kier molecular flexibility index (Phi) is 3.16. The molecule has 1 heterocycles. The van der Waals surface area contributed by atoms with E-state index in [0.717, 1.165) is 10.9 Å². The average molecular weight is 289 g/mol. The lowest BCUT2D eigenvalue weighted by atomic mass is 10.1. The third-order valence-electron chi connectivity index (χ3n) is 2.97. The molecular weight excluding hydrogens is 279 g/mol. The van der Waals surface area contributed by atoms with Crippen LogP contribution in [-0.4, -0.2) is 10.9 Å². The molecule has 1 amide bonds. The predicted molar refractivity (Wildman–Crippen MR) is 77.7 cm³/mol. The summed E-state index contributed by atoms with van der Waals surface area (Å²) in [6, 6.07) is 11.0. The van der Waals surface area contributed by atoms with Crippen molar-refractivity contribution < 1.29 is 9.18 Å². The van der Waals surface area contributed by atoms with Crippen LogP contribution in [0, 0.1) is 5.82 Å². The van der Waals surface area contributed by atoms with Gasteiger partial charge in [-0.05, 0) is 36.4 Å². The number of hydrogen-bond acceptors (Lipinski definition) is 1. The molecule has 0 aliphatic heterocycles. The largest absolute Gasteiger partial charge is 0.360 e. The number of carbonyl (C=O) groups excluding carboxylic acids is 1. The first kappa shape index (κ1) is 12.7. The maximum absolute atomic E-state index is 13.1. The number of nitrogens with one attached hydrogen (secondary N) is 2. The number of H-pyrrole nitrogens is 1. The van der Waals surface area contributed by atoms with E-state index < -0.39 is 5.82 Å². The van der Waals surface area contributed by atoms with Crippen molar-refractivity contribution in [2.75, 3.05) is 5.32 Å². The monoisotopic (exact) mass is 288 g/mol. The second kappa shape index (κ2) is 4.98. The first-order chi connectivity index (χ1) is 9.63. The van der Waals surface area contributed by atoms with Crippen LogP contribution in [0.5, 0.6) is 0 Å². The summed E-state index contributed by atoms with van der Waals surface area (Å²) in [4.78, 5) is 15.2. The number of halogens is 2. The molecule has 0 bridgehead atoms. The number of anilines is 1. The summed E-state index contributed by atoms with van der Waals surface area (Å²) in [5.41, 5.74) is 1.69. The van der Waals surface area contributed by atoms with E-state index in [1.165, 1.54) is 18.2 Å². The third kappa shape index (κ3) is 2.38. The summed E-state index contributed by atoms with van der Waals surface area (Å²) in [7, 11) is 0. The second-order valence-electron chi connectivity index (χ2n) is 4.36. The molecule has 3 rings (SSSR count). The molecule has 3 nitrogen and oxygen atoms in total. The fourth-order valence-electron chi connectivity index (χ4n) is 2.05. The van der Waals surface area contributed by atoms with E-state index in [4.69, 9.17) is 11.6 Å². The first-order valence-electron chi connectivity index (χ1n) is 5.97. The van der Waals surface area contributed by atoms with Crippen LogP contribution in [0.2, 0.25) is 5.02 Å². The Labute approximate surface area is 119 Å². The van der Waals surface area contributed by atoms with Crippen molar-refractivity contribution in [2.45, 2.75) is 0 Å². The van der Waals surface area contributed by atoms with Crippen LogP contribution in [-0.2, 0) is 0 Å². The van der Waals surface area contributed by atoms with Crippen LogP contribution < -0.4 is 5.32 Å². The minimum atomic E-state index is -0.398. The van der Waals surface area contributed by atoms with E-state index in [2.05, 4.69) is 10.3 Å². The number of aromatic amines is 1. The van der Waals surface area contributed by atoms with Gasteiger partial charge in [0.1, 0.15) is 5.82 Å². The van der Waals surface area contributed by atoms with Crippen molar-refractivity contribution >= 4 is 34.1 Å². The Bertz CT molecular complexity index is 797. The summed E-state index contributed by atoms with van der Waals surface area (Å²) in [6.45, 7) is 0. The zero-order valence-electron chi connectivity index (χ0n) is 10.3. The molecular formula is C15H10ClFN2O. The van der Waals surface area contributed by atoms with Gasteiger partial charge in [0, 0.05) is 27.8 Å². The summed E-state index contributed by atoms with van der Waals surface area (Å²) < 4.78 is 13.1. The van der Waals surface area contributed by atoms with Gasteiger partial charge in [0.2, 0.25) is 0 Å². The van der Waals surface area contributed by atoms with Crippen LogP contribution in [0.1, 0.15) is 10.4 Å². The number of benzene rings is 2. The van der Waals surface area contributed by atoms with Crippen LogP contribution in [0.15, 0.2) is 48.7 Å². The van der Waals surface area contributed by atoms with Crippen molar-refractivity contribution in [3.8, 4) is 0 Å². The van der Waals surface area contributed by atoms with Crippen molar-refractivity contribution in [1.29, 1.82) is 0 Å². The Morgan fingerprint density at radius 2 is 2.05 bits per heavy atom. The Morgan fingerprint density at radius 1 is 1.20 bits per heavy atom. The molecule has 1 aromatic heterocycles. The van der Waals surface area contributed by atoms with Gasteiger partial charge in [-0.1, -0.05) is 17.7 Å². The molecule has 0 fully saturated rings. The SMILES string of the molecule is O=C(Nc1cccc(F)c1)c1c[nH]c2ccc(Cl)cc12. The number of fused-ring (bicyclic) bond motifs is 1. The van der Waals surface area contributed by atoms with Crippen molar-refractivity contribution in [3.63, 3.8) is 0 Å². The van der Waals surface area contributed by atoms with Crippen LogP contribution in [0.25, 0.3) is 10.9 Å². The molecule has 0 saturated carbocycles. The summed E-state index contributed by atoms with van der Waals surface area (Å²) in [5, 5.41) is 3.94. The topological polar surface area (TPSA) is 44.9 Å². The zero-order chi connectivity index (χ0) is 14.1. The lowest BCUT2D eigenvalue weighted by Crippen LogP contribution is -2.11. The molecule has 0 spiro atoms. The van der Waals surface area contributed by atoms with E-state index in [-0.39, 0.29) is 5.91 Å². The van der Waals surface area contributed by atoms with Gasteiger partial charge in [0.25, 0.3) is 5.91 Å². The fourth-order valence-corrected chi connectivity index (χ4v) is 2.22. The molecule has 2 N–H and O–H groups in total. The van der Waals surface area contributed by atoms with Gasteiger partial charge in [-0.25, -0.2) is 4.39 Å². The molecule has 0 aliphatic carbocycles. The Morgan fingerprint density at radius 3 is 2.85 bits per heavy atom. The molecule has 2 aromatic carbocycles. The van der Waals surface area contributed by atoms with E-state index in [0.29, 0.717) is 16.3 Å². The highest BCUT2D eigenvalue weighted by Gasteiger charge is 2.12. The number of rotatable bonds is 2. The van der Waals surface area contributed by atoms with Gasteiger partial charge in [0.15, 0.2) is 0 Å². The lowest BCUT2D eigenvalue weighted by Gasteiger charge is -2.04. The zero-order valence-corrected chi connectivity index (χ0v) is 11.0. The smallest absolute Gasteiger partial charge is 0.257 e. The Balaban J connectivity index is 1.94. The van der Waals surface area contributed by atoms with Gasteiger partial charge in [-0.15, -0.1) is 0 Å². The first-order valence-corrected chi connectivity index (χ1v) is 6.35. The van der Waals surface area contributed by atoms with Crippen LogP contribution in [0.4, 0.5) is 10.1 Å². The molecule has 100 valence electrons.